The average Bonchev–Trinajstić information content (AvgIpc) is 3.41. The number of amides is 1. The lowest BCUT2D eigenvalue weighted by molar-refractivity contribution is -0.117. The van der Waals surface area contributed by atoms with Crippen molar-refractivity contribution < 1.29 is 23.5 Å². The fourth-order valence-corrected chi connectivity index (χ4v) is 3.72. The third-order valence-corrected chi connectivity index (χ3v) is 5.26. The Balaban J connectivity index is 1.57. The summed E-state index contributed by atoms with van der Waals surface area (Å²) in [4.78, 5) is 19.0. The minimum atomic E-state index is -0.191. The molecule has 162 valence electrons. The topological polar surface area (TPSA) is 86.9 Å². The van der Waals surface area contributed by atoms with Gasteiger partial charge in [-0.3, -0.25) is 4.79 Å². The molecule has 1 amide bonds. The van der Waals surface area contributed by atoms with Crippen molar-refractivity contribution in [2.45, 2.75) is 26.2 Å². The zero-order chi connectivity index (χ0) is 22.0. The zero-order valence-electron chi connectivity index (χ0n) is 18.0. The van der Waals surface area contributed by atoms with Crippen LogP contribution >= 0.6 is 0 Å². The Labute approximate surface area is 180 Å². The lowest BCUT2D eigenvalue weighted by Gasteiger charge is -2.19. The first-order valence-electron chi connectivity index (χ1n) is 10.1. The second kappa shape index (κ2) is 8.67. The third-order valence-electron chi connectivity index (χ3n) is 5.26. The van der Waals surface area contributed by atoms with Crippen LogP contribution in [0.5, 0.6) is 17.2 Å². The molecule has 1 saturated heterocycles. The van der Waals surface area contributed by atoms with E-state index in [-0.39, 0.29) is 11.8 Å². The van der Waals surface area contributed by atoms with E-state index in [2.05, 4.69) is 10.1 Å². The molecule has 1 aliphatic rings. The van der Waals surface area contributed by atoms with Crippen molar-refractivity contribution in [1.82, 2.24) is 10.1 Å². The number of anilines is 1. The smallest absolute Gasteiger partial charge is 0.232 e. The summed E-state index contributed by atoms with van der Waals surface area (Å²) in [6.07, 6.45) is 0.297. The van der Waals surface area contributed by atoms with Gasteiger partial charge in [-0.15, -0.1) is 0 Å². The molecule has 1 unspecified atom stereocenters. The van der Waals surface area contributed by atoms with Gasteiger partial charge in [-0.25, -0.2) is 0 Å². The molecule has 2 heterocycles. The van der Waals surface area contributed by atoms with E-state index in [9.17, 15) is 4.79 Å². The molecular weight excluding hydrogens is 398 g/mol. The molecule has 8 nitrogen and oxygen atoms in total. The SMILES string of the molecule is CCOc1ccc(-c2noc(C3CC(=O)N(c4cc(C)ccc4OC)C3)n2)cc1OC. The number of hydrogen-bond acceptors (Lipinski definition) is 7. The molecule has 8 heteroatoms. The molecule has 2 aromatic carbocycles. The highest BCUT2D eigenvalue weighted by atomic mass is 16.5. The summed E-state index contributed by atoms with van der Waals surface area (Å²) < 4.78 is 21.9. The highest BCUT2D eigenvalue weighted by molar-refractivity contribution is 5.97. The number of carbonyl (C=O) groups excluding carboxylic acids is 1. The van der Waals surface area contributed by atoms with Crippen molar-refractivity contribution in [3.8, 4) is 28.6 Å². The molecule has 0 saturated carbocycles. The molecule has 1 aliphatic heterocycles. The van der Waals surface area contributed by atoms with Gasteiger partial charge >= 0.3 is 0 Å². The quantitative estimate of drug-likeness (QED) is 0.568. The number of aromatic nitrogens is 2. The first-order valence-corrected chi connectivity index (χ1v) is 10.1. The Hall–Kier alpha value is -3.55. The van der Waals surface area contributed by atoms with Crippen LogP contribution in [0.25, 0.3) is 11.4 Å². The molecule has 1 aromatic heterocycles. The van der Waals surface area contributed by atoms with E-state index in [1.54, 1.807) is 19.1 Å². The summed E-state index contributed by atoms with van der Waals surface area (Å²) in [5.41, 5.74) is 2.55. The van der Waals surface area contributed by atoms with Crippen LogP contribution in [-0.4, -0.2) is 43.4 Å². The predicted octanol–water partition coefficient (Wildman–Crippen LogP) is 3.98. The lowest BCUT2D eigenvalue weighted by Crippen LogP contribution is -2.25. The van der Waals surface area contributed by atoms with Gasteiger partial charge in [-0.2, -0.15) is 4.98 Å². The van der Waals surface area contributed by atoms with Gasteiger partial charge in [0.05, 0.1) is 32.4 Å². The standard InChI is InChI=1S/C23H25N3O5/c1-5-30-19-9-7-15(11-20(19)29-4)22-24-23(31-25-22)16-12-21(27)26(13-16)17-10-14(2)6-8-18(17)28-3/h6-11,16H,5,12-13H2,1-4H3. The van der Waals surface area contributed by atoms with Crippen molar-refractivity contribution in [3.05, 3.63) is 47.9 Å². The number of ether oxygens (including phenoxy) is 3. The van der Waals surface area contributed by atoms with Crippen LogP contribution in [0.1, 0.15) is 30.7 Å². The second-order valence-electron chi connectivity index (χ2n) is 7.34. The number of methoxy groups -OCH3 is 2. The van der Waals surface area contributed by atoms with Crippen molar-refractivity contribution in [3.63, 3.8) is 0 Å². The van der Waals surface area contributed by atoms with Gasteiger partial charge in [0.15, 0.2) is 11.5 Å². The van der Waals surface area contributed by atoms with Crippen LogP contribution in [0.15, 0.2) is 40.9 Å². The van der Waals surface area contributed by atoms with Gasteiger partial charge in [-0.05, 0) is 49.7 Å². The van der Waals surface area contributed by atoms with Crippen LogP contribution in [0, 0.1) is 6.92 Å². The molecule has 31 heavy (non-hydrogen) atoms. The molecule has 0 spiro atoms. The Bertz CT molecular complexity index is 1090. The summed E-state index contributed by atoms with van der Waals surface area (Å²) in [5.74, 6) is 2.59. The van der Waals surface area contributed by atoms with E-state index in [0.29, 0.717) is 48.5 Å². The summed E-state index contributed by atoms with van der Waals surface area (Å²) in [5, 5.41) is 4.12. The van der Waals surface area contributed by atoms with Gasteiger partial charge in [0.25, 0.3) is 0 Å². The minimum absolute atomic E-state index is 0.00335. The lowest BCUT2D eigenvalue weighted by atomic mass is 10.1. The molecule has 0 aliphatic carbocycles. The van der Waals surface area contributed by atoms with Crippen molar-refractivity contribution in [2.24, 2.45) is 0 Å². The maximum absolute atomic E-state index is 12.7. The van der Waals surface area contributed by atoms with Gasteiger partial charge in [0.1, 0.15) is 5.75 Å². The molecule has 3 aromatic rings. The average molecular weight is 423 g/mol. The molecule has 4 rings (SSSR count). The number of nitrogens with zero attached hydrogens (tertiary/aromatic N) is 3. The monoisotopic (exact) mass is 423 g/mol. The van der Waals surface area contributed by atoms with Gasteiger partial charge < -0.3 is 23.6 Å². The van der Waals surface area contributed by atoms with Crippen molar-refractivity contribution in [2.75, 3.05) is 32.3 Å². The first kappa shape index (κ1) is 20.7. The number of hydrogen-bond donors (Lipinski definition) is 0. The molecule has 1 atom stereocenters. The third kappa shape index (κ3) is 4.05. The van der Waals surface area contributed by atoms with Crippen LogP contribution in [0.3, 0.4) is 0 Å². The fraction of sp³-hybridized carbons (Fsp3) is 0.348. The van der Waals surface area contributed by atoms with E-state index < -0.39 is 0 Å². The Morgan fingerprint density at radius 2 is 1.87 bits per heavy atom. The van der Waals surface area contributed by atoms with Gasteiger partial charge in [0.2, 0.25) is 17.6 Å². The molecule has 1 fully saturated rings. The van der Waals surface area contributed by atoms with E-state index in [0.717, 1.165) is 16.8 Å². The van der Waals surface area contributed by atoms with Crippen LogP contribution in [-0.2, 0) is 4.79 Å². The van der Waals surface area contributed by atoms with E-state index >= 15 is 0 Å². The number of aryl methyl sites for hydroxylation is 1. The molecule has 0 N–H and O–H groups in total. The van der Waals surface area contributed by atoms with Gasteiger partial charge in [-0.1, -0.05) is 11.2 Å². The Morgan fingerprint density at radius 1 is 1.10 bits per heavy atom. The number of benzene rings is 2. The maximum atomic E-state index is 12.7. The van der Waals surface area contributed by atoms with Gasteiger partial charge in [0, 0.05) is 18.5 Å². The highest BCUT2D eigenvalue weighted by Crippen LogP contribution is 2.37. The van der Waals surface area contributed by atoms with E-state index in [1.165, 1.54) is 0 Å². The zero-order valence-corrected chi connectivity index (χ0v) is 18.0. The Kier molecular flexibility index (Phi) is 5.79. The van der Waals surface area contributed by atoms with E-state index in [1.807, 2.05) is 50.2 Å². The normalized spacial score (nSPS) is 15.9. The predicted molar refractivity (Wildman–Crippen MR) is 115 cm³/mol. The summed E-state index contributed by atoms with van der Waals surface area (Å²) in [6.45, 7) is 4.89. The minimum Gasteiger partial charge on any atom is -0.495 e. The summed E-state index contributed by atoms with van der Waals surface area (Å²) >= 11 is 0. The highest BCUT2D eigenvalue weighted by Gasteiger charge is 2.36. The molecule has 0 bridgehead atoms. The molecule has 0 radical (unpaired) electrons. The summed E-state index contributed by atoms with van der Waals surface area (Å²) in [7, 11) is 3.18. The van der Waals surface area contributed by atoms with Crippen molar-refractivity contribution in [1.29, 1.82) is 0 Å². The Morgan fingerprint density at radius 3 is 2.61 bits per heavy atom. The number of carbonyl (C=O) groups is 1. The van der Waals surface area contributed by atoms with E-state index in [4.69, 9.17) is 18.7 Å². The largest absolute Gasteiger partial charge is 0.495 e. The fourth-order valence-electron chi connectivity index (χ4n) is 3.72. The van der Waals surface area contributed by atoms with Crippen LogP contribution in [0.4, 0.5) is 5.69 Å². The number of rotatable bonds is 7. The van der Waals surface area contributed by atoms with Crippen LogP contribution in [0.2, 0.25) is 0 Å². The molecular formula is C23H25N3O5. The van der Waals surface area contributed by atoms with Crippen molar-refractivity contribution >= 4 is 11.6 Å². The second-order valence-corrected chi connectivity index (χ2v) is 7.34. The summed E-state index contributed by atoms with van der Waals surface area (Å²) in [6, 6.07) is 11.3. The van der Waals surface area contributed by atoms with Crippen LogP contribution < -0.4 is 19.1 Å². The maximum Gasteiger partial charge on any atom is 0.232 e. The first-order chi connectivity index (χ1) is 15.0.